The van der Waals surface area contributed by atoms with E-state index < -0.39 is 28.9 Å². The highest BCUT2D eigenvalue weighted by Crippen LogP contribution is 2.49. The molecule has 96 heavy (non-hydrogen) atoms. The minimum absolute atomic E-state index is 0.0724. The van der Waals surface area contributed by atoms with E-state index in [0.717, 1.165) is 122 Å². The highest BCUT2D eigenvalue weighted by atomic mass is 19.4. The summed E-state index contributed by atoms with van der Waals surface area (Å²) in [7, 11) is 0. The minimum Gasteiger partial charge on any atom is -0.309 e. The van der Waals surface area contributed by atoms with Crippen molar-refractivity contribution >= 4 is 131 Å². The Morgan fingerprint density at radius 3 is 0.646 bits per heavy atom. The molecule has 454 valence electrons. The second kappa shape index (κ2) is 20.0. The van der Waals surface area contributed by atoms with Crippen LogP contribution < -0.4 is 0 Å². The topological polar surface area (TPSA) is 29.6 Å². The fourth-order valence-electron chi connectivity index (χ4n) is 16.0. The fraction of sp³-hybridized carbons (Fsp3) is 0.0118. The summed E-state index contributed by atoms with van der Waals surface area (Å²) in [5.41, 5.74) is 11.4. The number of aromatic nitrogens is 6. The quantitative estimate of drug-likeness (QED) is 0.142. The zero-order valence-corrected chi connectivity index (χ0v) is 50.9. The van der Waals surface area contributed by atoms with E-state index in [2.05, 4.69) is 140 Å². The lowest BCUT2D eigenvalue weighted by molar-refractivity contribution is -0.137. The van der Waals surface area contributed by atoms with Crippen molar-refractivity contribution in [2.45, 2.75) is 6.18 Å². The van der Waals surface area contributed by atoms with E-state index in [1.54, 1.807) is 9.13 Å². The van der Waals surface area contributed by atoms with E-state index >= 15 is 22.0 Å². The van der Waals surface area contributed by atoms with Crippen LogP contribution in [0.1, 0.15) is 5.56 Å². The van der Waals surface area contributed by atoms with Crippen LogP contribution in [0, 0.1) is 11.6 Å². The van der Waals surface area contributed by atoms with E-state index in [1.807, 2.05) is 146 Å². The average Bonchev–Trinajstić information content (AvgIpc) is 1.49. The van der Waals surface area contributed by atoms with Gasteiger partial charge in [-0.15, -0.1) is 0 Å². The third-order valence-corrected chi connectivity index (χ3v) is 19.9. The van der Waals surface area contributed by atoms with Gasteiger partial charge in [0.25, 0.3) is 0 Å². The van der Waals surface area contributed by atoms with E-state index in [4.69, 9.17) is 0 Å². The zero-order chi connectivity index (χ0) is 63.8. The summed E-state index contributed by atoms with van der Waals surface area (Å²) < 4.78 is 97.9. The molecule has 0 fully saturated rings. The maximum absolute atomic E-state index is 17.7. The second-order valence-corrected chi connectivity index (χ2v) is 24.9. The number of fused-ring (bicyclic) bond motifs is 18. The molecule has 0 amide bonds. The summed E-state index contributed by atoms with van der Waals surface area (Å²) >= 11 is 0. The molecule has 0 N–H and O–H groups in total. The Morgan fingerprint density at radius 2 is 0.417 bits per heavy atom. The second-order valence-electron chi connectivity index (χ2n) is 24.9. The predicted molar refractivity (Wildman–Crippen MR) is 383 cm³/mol. The molecule has 11 heteroatoms. The number of benzene rings is 14. The van der Waals surface area contributed by atoms with Gasteiger partial charge in [-0.05, 0) is 146 Å². The fourth-order valence-corrected chi connectivity index (χ4v) is 16.0. The third kappa shape index (κ3) is 7.61. The first kappa shape index (κ1) is 54.1. The molecule has 0 aliphatic carbocycles. The van der Waals surface area contributed by atoms with Crippen molar-refractivity contribution in [1.29, 1.82) is 0 Å². The van der Waals surface area contributed by atoms with Crippen LogP contribution in [0.5, 0.6) is 0 Å². The van der Waals surface area contributed by atoms with Crippen LogP contribution in [0.2, 0.25) is 0 Å². The Kier molecular flexibility index (Phi) is 11.3. The zero-order valence-electron chi connectivity index (χ0n) is 50.9. The number of halogens is 5. The van der Waals surface area contributed by atoms with E-state index in [9.17, 15) is 0 Å². The van der Waals surface area contributed by atoms with Crippen LogP contribution in [0.4, 0.5) is 22.0 Å². The first-order valence-electron chi connectivity index (χ1n) is 31.9. The highest BCUT2D eigenvalue weighted by molar-refractivity contribution is 6.17. The van der Waals surface area contributed by atoms with Crippen molar-refractivity contribution in [3.05, 3.63) is 314 Å². The van der Waals surface area contributed by atoms with E-state index in [1.165, 1.54) is 18.2 Å². The minimum atomic E-state index is -4.96. The largest absolute Gasteiger partial charge is 0.416 e. The Hall–Kier alpha value is -12.5. The number of hydrogen-bond donors (Lipinski definition) is 0. The first-order chi connectivity index (χ1) is 47.1. The summed E-state index contributed by atoms with van der Waals surface area (Å²) in [5, 5.41) is 11.3. The number of hydrogen-bond acceptors (Lipinski definition) is 0. The lowest BCUT2D eigenvalue weighted by Gasteiger charge is -2.23. The van der Waals surface area contributed by atoms with Gasteiger partial charge in [-0.2, -0.15) is 13.2 Å². The monoisotopic (exact) mass is 1250 g/mol. The SMILES string of the molecule is Fc1cccc(F)c1-c1c(-n2c3ccc(-n4c5ccccc5c5ccccc54)cc3c3cc(-n4c5ccccc5c5ccccc54)ccc32)cc(C(F)(F)F)cc1-n1c2ccc(-n3c4ccccc4c4ccccc43)cc2c2cc(-n3c4ccccc4c4ccccc43)ccc21. The van der Waals surface area contributed by atoms with Gasteiger partial charge in [0.2, 0.25) is 0 Å². The lowest BCUT2D eigenvalue weighted by atomic mass is 9.96. The number of alkyl halides is 3. The van der Waals surface area contributed by atoms with Crippen LogP contribution in [-0.2, 0) is 6.18 Å². The molecular formula is C85H49F5N6. The summed E-state index contributed by atoms with van der Waals surface area (Å²) in [6, 6.07) is 95.8. The van der Waals surface area contributed by atoms with Gasteiger partial charge in [0, 0.05) is 92.9 Å². The first-order valence-corrected chi connectivity index (χ1v) is 31.9. The molecule has 0 spiro atoms. The molecule has 0 saturated carbocycles. The van der Waals surface area contributed by atoms with Gasteiger partial charge in [0.15, 0.2) is 0 Å². The van der Waals surface area contributed by atoms with Crippen LogP contribution in [0.3, 0.4) is 0 Å². The highest BCUT2D eigenvalue weighted by Gasteiger charge is 2.36. The Morgan fingerprint density at radius 1 is 0.198 bits per heavy atom. The van der Waals surface area contributed by atoms with E-state index in [0.29, 0.717) is 43.6 Å². The average molecular weight is 1250 g/mol. The van der Waals surface area contributed by atoms with Crippen molar-refractivity contribution in [3.63, 3.8) is 0 Å². The Balaban J connectivity index is 0.922. The molecular weight excluding hydrogens is 1200 g/mol. The van der Waals surface area contributed by atoms with E-state index in [-0.39, 0.29) is 16.9 Å². The molecule has 0 saturated heterocycles. The van der Waals surface area contributed by atoms with Gasteiger partial charge >= 0.3 is 6.18 Å². The molecule has 0 aliphatic heterocycles. The Labute approximate surface area is 543 Å². The van der Waals surface area contributed by atoms with Gasteiger partial charge in [0.1, 0.15) is 11.6 Å². The normalized spacial score (nSPS) is 12.4. The molecule has 20 rings (SSSR count). The van der Waals surface area contributed by atoms with Gasteiger partial charge < -0.3 is 27.4 Å². The third-order valence-electron chi connectivity index (χ3n) is 19.9. The molecule has 14 aromatic carbocycles. The molecule has 0 unspecified atom stereocenters. The molecule has 6 aromatic heterocycles. The lowest BCUT2D eigenvalue weighted by Crippen LogP contribution is -2.12. The molecule has 6 heterocycles. The van der Waals surface area contributed by atoms with Crippen LogP contribution in [0.25, 0.3) is 176 Å². The summed E-state index contributed by atoms with van der Waals surface area (Å²) in [4.78, 5) is 0. The molecule has 0 radical (unpaired) electrons. The summed E-state index contributed by atoms with van der Waals surface area (Å²) in [6.07, 6.45) is -4.96. The van der Waals surface area contributed by atoms with Gasteiger partial charge in [-0.25, -0.2) is 8.78 Å². The summed E-state index contributed by atoms with van der Waals surface area (Å²) in [5.74, 6) is -1.88. The number of rotatable bonds is 7. The number of nitrogens with zero attached hydrogens (tertiary/aromatic N) is 6. The van der Waals surface area contributed by atoms with Crippen molar-refractivity contribution in [2.24, 2.45) is 0 Å². The van der Waals surface area contributed by atoms with Gasteiger partial charge in [0.05, 0.1) is 88.7 Å². The molecule has 0 bridgehead atoms. The Bertz CT molecular complexity index is 5800. The van der Waals surface area contributed by atoms with Crippen LogP contribution in [0.15, 0.2) is 297 Å². The summed E-state index contributed by atoms with van der Waals surface area (Å²) in [6.45, 7) is 0. The van der Waals surface area contributed by atoms with Crippen LogP contribution in [-0.4, -0.2) is 27.4 Å². The standard InChI is InChI=1S/C85H49F5N6/c86-67-26-17-27-68(87)83(67)84-81(95-77-40-36-51(91-69-28-9-1-18-55(69)56-19-2-10-29-70(56)91)46-63(77)64-47-52(37-41-78(64)95)92-71-30-11-3-20-57(71)58-21-4-12-31-72(58)92)44-50(85(88,89)90)45-82(84)96-79-42-38-53(93-73-32-13-5-22-59(73)60-23-6-14-33-74(60)93)48-65(79)66-49-54(39-43-80(66)96)94-75-34-15-7-24-61(75)62-25-8-16-35-76(62)94/h1-49H. The maximum atomic E-state index is 17.7. The predicted octanol–water partition coefficient (Wildman–Crippen LogP) is 23.2. The maximum Gasteiger partial charge on any atom is 0.416 e. The van der Waals surface area contributed by atoms with Crippen molar-refractivity contribution in [1.82, 2.24) is 27.4 Å². The molecule has 0 atom stereocenters. The molecule has 0 aliphatic rings. The van der Waals surface area contributed by atoms with Gasteiger partial charge in [-0.1, -0.05) is 152 Å². The van der Waals surface area contributed by atoms with Crippen LogP contribution >= 0.6 is 0 Å². The van der Waals surface area contributed by atoms with Crippen molar-refractivity contribution in [3.8, 4) is 45.3 Å². The van der Waals surface area contributed by atoms with Gasteiger partial charge in [-0.3, -0.25) is 0 Å². The smallest absolute Gasteiger partial charge is 0.309 e. The van der Waals surface area contributed by atoms with Crippen molar-refractivity contribution < 1.29 is 22.0 Å². The van der Waals surface area contributed by atoms with Crippen molar-refractivity contribution in [2.75, 3.05) is 0 Å². The molecule has 20 aromatic rings. The number of para-hydroxylation sites is 8. The molecule has 6 nitrogen and oxygen atoms in total.